The Morgan fingerprint density at radius 2 is 1.81 bits per heavy atom. The lowest BCUT2D eigenvalue weighted by Crippen LogP contribution is -2.54. The predicted molar refractivity (Wildman–Crippen MR) is 87.1 cm³/mol. The normalized spacial score (nSPS) is 15.5. The van der Waals surface area contributed by atoms with E-state index in [9.17, 15) is 4.79 Å². The van der Waals surface area contributed by atoms with Crippen molar-refractivity contribution in [1.82, 2.24) is 5.32 Å². The van der Waals surface area contributed by atoms with Crippen molar-refractivity contribution in [3.63, 3.8) is 0 Å². The van der Waals surface area contributed by atoms with Gasteiger partial charge < -0.3 is 4.74 Å². The number of carbonyl (C=O) groups is 1. The molecule has 21 heavy (non-hydrogen) atoms. The maximum Gasteiger partial charge on any atom is 0.331 e. The largest absolute Gasteiger partial charge is 0.464 e. The van der Waals surface area contributed by atoms with Crippen LogP contribution in [0.25, 0.3) is 0 Å². The Kier molecular flexibility index (Phi) is 6.90. The van der Waals surface area contributed by atoms with E-state index >= 15 is 0 Å². The number of carbonyl (C=O) groups excluding carboxylic acids is 1. The summed E-state index contributed by atoms with van der Waals surface area (Å²) in [5, 5.41) is 3.54. The summed E-state index contributed by atoms with van der Waals surface area (Å²) < 4.78 is 5.41. The van der Waals surface area contributed by atoms with E-state index in [0.29, 0.717) is 12.5 Å². The van der Waals surface area contributed by atoms with Crippen molar-refractivity contribution in [1.29, 1.82) is 0 Å². The lowest BCUT2D eigenvalue weighted by Gasteiger charge is -2.37. The Hall–Kier alpha value is -1.35. The van der Waals surface area contributed by atoms with Gasteiger partial charge in [-0.1, -0.05) is 51.1 Å². The van der Waals surface area contributed by atoms with Crippen LogP contribution < -0.4 is 5.32 Å². The van der Waals surface area contributed by atoms with Gasteiger partial charge in [-0.2, -0.15) is 0 Å². The van der Waals surface area contributed by atoms with Crippen molar-refractivity contribution >= 4 is 5.97 Å². The molecule has 0 saturated carbocycles. The van der Waals surface area contributed by atoms with Crippen LogP contribution in [0.1, 0.15) is 53.0 Å². The van der Waals surface area contributed by atoms with Gasteiger partial charge >= 0.3 is 5.97 Å². The Bertz CT molecular complexity index is 430. The first-order chi connectivity index (χ1) is 9.96. The van der Waals surface area contributed by atoms with Gasteiger partial charge in [-0.15, -0.1) is 0 Å². The number of rotatable bonds is 8. The molecule has 3 heteroatoms. The van der Waals surface area contributed by atoms with Crippen LogP contribution in [0.4, 0.5) is 0 Å². The molecule has 1 N–H and O–H groups in total. The summed E-state index contributed by atoms with van der Waals surface area (Å²) in [5.74, 6) is 0.205. The van der Waals surface area contributed by atoms with E-state index in [1.54, 1.807) is 0 Å². The smallest absolute Gasteiger partial charge is 0.331 e. The minimum absolute atomic E-state index is 0.176. The van der Waals surface area contributed by atoms with Gasteiger partial charge in [0.1, 0.15) is 5.54 Å². The maximum absolute atomic E-state index is 12.8. The van der Waals surface area contributed by atoms with Crippen LogP contribution >= 0.6 is 0 Å². The van der Waals surface area contributed by atoms with E-state index in [1.807, 2.05) is 37.3 Å². The quantitative estimate of drug-likeness (QED) is 0.739. The van der Waals surface area contributed by atoms with Gasteiger partial charge in [0.15, 0.2) is 0 Å². The van der Waals surface area contributed by atoms with Crippen LogP contribution in [-0.2, 0) is 15.1 Å². The molecule has 118 valence electrons. The predicted octanol–water partition coefficient (Wildman–Crippen LogP) is 3.88. The molecule has 0 bridgehead atoms. The fourth-order valence-corrected chi connectivity index (χ4v) is 2.63. The Morgan fingerprint density at radius 3 is 2.29 bits per heavy atom. The maximum atomic E-state index is 12.8. The Balaban J connectivity index is 3.29. The number of esters is 1. The molecule has 2 atom stereocenters. The zero-order chi connectivity index (χ0) is 15.9. The number of benzene rings is 1. The monoisotopic (exact) mass is 291 g/mol. The highest BCUT2D eigenvalue weighted by Crippen LogP contribution is 2.31. The molecule has 0 aromatic heterocycles. The molecule has 1 aromatic rings. The van der Waals surface area contributed by atoms with Gasteiger partial charge in [0.05, 0.1) is 6.61 Å². The summed E-state index contributed by atoms with van der Waals surface area (Å²) >= 11 is 0. The van der Waals surface area contributed by atoms with Crippen molar-refractivity contribution in [3.05, 3.63) is 35.9 Å². The number of hydrogen-bond donors (Lipinski definition) is 1. The molecule has 0 radical (unpaired) electrons. The second-order valence-corrected chi connectivity index (χ2v) is 6.04. The second kappa shape index (κ2) is 8.18. The van der Waals surface area contributed by atoms with Gasteiger partial charge in [-0.05, 0) is 38.2 Å². The van der Waals surface area contributed by atoms with E-state index in [2.05, 4.69) is 33.0 Å². The minimum atomic E-state index is -0.763. The Morgan fingerprint density at radius 1 is 1.19 bits per heavy atom. The fourth-order valence-electron chi connectivity index (χ4n) is 2.63. The molecule has 0 aliphatic rings. The zero-order valence-electron chi connectivity index (χ0n) is 14.0. The number of ether oxygens (including phenoxy) is 1. The van der Waals surface area contributed by atoms with E-state index in [4.69, 9.17) is 4.74 Å². The van der Waals surface area contributed by atoms with Crippen LogP contribution in [0, 0.1) is 5.92 Å². The van der Waals surface area contributed by atoms with Crippen molar-refractivity contribution < 1.29 is 9.53 Å². The molecule has 0 aliphatic heterocycles. The number of nitrogens with one attached hydrogen (secondary N) is 1. The molecule has 0 spiro atoms. The highest BCUT2D eigenvalue weighted by atomic mass is 16.5. The molecule has 1 rings (SSSR count). The fraction of sp³-hybridized carbons (Fsp3) is 0.611. The van der Waals surface area contributed by atoms with Crippen LogP contribution in [-0.4, -0.2) is 18.6 Å². The second-order valence-electron chi connectivity index (χ2n) is 6.04. The molecular weight excluding hydrogens is 262 g/mol. The van der Waals surface area contributed by atoms with Gasteiger partial charge in [0.25, 0.3) is 0 Å². The third kappa shape index (κ3) is 4.57. The molecule has 0 aliphatic carbocycles. The van der Waals surface area contributed by atoms with E-state index in [0.717, 1.165) is 18.4 Å². The lowest BCUT2D eigenvalue weighted by molar-refractivity contribution is -0.153. The molecule has 0 saturated heterocycles. The third-order valence-electron chi connectivity index (χ3n) is 3.71. The topological polar surface area (TPSA) is 38.3 Å². The first-order valence-corrected chi connectivity index (χ1v) is 7.96. The zero-order valence-corrected chi connectivity index (χ0v) is 14.0. The molecule has 0 amide bonds. The summed E-state index contributed by atoms with van der Waals surface area (Å²) in [6.45, 7) is 10.7. The standard InChI is InChI=1S/C18H29NO2/c1-6-15(5)19-18(13-14(3)4,17(20)21-7-2)16-11-9-8-10-12-16/h8-12,14-15,19H,6-7,13H2,1-5H3. The average molecular weight is 291 g/mol. The van der Waals surface area contributed by atoms with E-state index in [-0.39, 0.29) is 12.0 Å². The van der Waals surface area contributed by atoms with Crippen LogP contribution in [0.15, 0.2) is 30.3 Å². The third-order valence-corrected chi connectivity index (χ3v) is 3.71. The summed E-state index contributed by atoms with van der Waals surface area (Å²) in [5.41, 5.74) is 0.221. The SMILES string of the molecule is CCOC(=O)C(CC(C)C)(NC(C)CC)c1ccccc1. The van der Waals surface area contributed by atoms with Crippen LogP contribution in [0.2, 0.25) is 0 Å². The van der Waals surface area contributed by atoms with Crippen LogP contribution in [0.5, 0.6) is 0 Å². The average Bonchev–Trinajstić information content (AvgIpc) is 2.47. The Labute approximate surface area is 129 Å². The first kappa shape index (κ1) is 17.7. The first-order valence-electron chi connectivity index (χ1n) is 7.96. The molecule has 1 aromatic carbocycles. The van der Waals surface area contributed by atoms with Crippen LogP contribution in [0.3, 0.4) is 0 Å². The molecule has 0 heterocycles. The van der Waals surface area contributed by atoms with Gasteiger partial charge in [0.2, 0.25) is 0 Å². The minimum Gasteiger partial charge on any atom is -0.464 e. The molecule has 0 fully saturated rings. The lowest BCUT2D eigenvalue weighted by atomic mass is 9.81. The summed E-state index contributed by atoms with van der Waals surface area (Å²) in [6.07, 6.45) is 1.69. The van der Waals surface area contributed by atoms with Crippen molar-refractivity contribution in [2.45, 2.75) is 59.0 Å². The highest BCUT2D eigenvalue weighted by Gasteiger charge is 2.42. The van der Waals surface area contributed by atoms with Gasteiger partial charge in [0, 0.05) is 6.04 Å². The molecule has 2 unspecified atom stereocenters. The van der Waals surface area contributed by atoms with E-state index < -0.39 is 5.54 Å². The van der Waals surface area contributed by atoms with E-state index in [1.165, 1.54) is 0 Å². The number of hydrogen-bond acceptors (Lipinski definition) is 3. The summed E-state index contributed by atoms with van der Waals surface area (Å²) in [6, 6.07) is 10.2. The highest BCUT2D eigenvalue weighted by molar-refractivity contribution is 5.82. The van der Waals surface area contributed by atoms with Gasteiger partial charge in [-0.25, -0.2) is 4.79 Å². The molecular formula is C18H29NO2. The van der Waals surface area contributed by atoms with Crippen molar-refractivity contribution in [2.75, 3.05) is 6.61 Å². The summed E-state index contributed by atoms with van der Waals surface area (Å²) in [7, 11) is 0. The van der Waals surface area contributed by atoms with Crippen molar-refractivity contribution in [3.8, 4) is 0 Å². The van der Waals surface area contributed by atoms with Crippen molar-refractivity contribution in [2.24, 2.45) is 5.92 Å². The molecule has 3 nitrogen and oxygen atoms in total. The van der Waals surface area contributed by atoms with Gasteiger partial charge in [-0.3, -0.25) is 5.32 Å². The summed E-state index contributed by atoms with van der Waals surface area (Å²) in [4.78, 5) is 12.8.